The molecule has 0 unspecified atom stereocenters. The number of rotatable bonds is 31. The Bertz CT molecular complexity index is 677. The molecule has 0 aromatic carbocycles. The Labute approximate surface area is 289 Å². The highest BCUT2D eigenvalue weighted by molar-refractivity contribution is 6.84. The van der Waals surface area contributed by atoms with Crippen LogP contribution in [-0.4, -0.2) is 107 Å². The summed E-state index contributed by atoms with van der Waals surface area (Å²) in [5, 5.41) is 0. The predicted molar refractivity (Wildman–Crippen MR) is 199 cm³/mol. The average molecular weight is 747 g/mol. The van der Waals surface area contributed by atoms with Gasteiger partial charge in [-0.05, 0) is 88.6 Å². The zero-order valence-corrected chi connectivity index (χ0v) is 37.4. The summed E-state index contributed by atoms with van der Waals surface area (Å²) in [6, 6.07) is 4.79. The van der Waals surface area contributed by atoms with E-state index in [1.165, 1.54) is 37.8 Å². The van der Waals surface area contributed by atoms with Crippen LogP contribution < -0.4 is 0 Å². The molecule has 46 heavy (non-hydrogen) atoms. The van der Waals surface area contributed by atoms with Crippen molar-refractivity contribution in [2.24, 2.45) is 5.41 Å². The summed E-state index contributed by atoms with van der Waals surface area (Å²) in [4.78, 5) is 0. The lowest BCUT2D eigenvalue weighted by atomic mass is 9.72. The van der Waals surface area contributed by atoms with Gasteiger partial charge in [-0.2, -0.15) is 0 Å². The van der Waals surface area contributed by atoms with E-state index in [2.05, 4.69) is 33.1 Å². The Hall–Kier alpha value is 0.684. The number of hydrogen-bond donors (Lipinski definition) is 0. The van der Waals surface area contributed by atoms with Crippen LogP contribution in [0.2, 0.25) is 56.4 Å². The van der Waals surface area contributed by atoms with E-state index in [-0.39, 0.29) is 5.41 Å². The van der Waals surface area contributed by atoms with Crippen LogP contribution in [0.3, 0.4) is 0 Å². The molecule has 0 aliphatic carbocycles. The third kappa shape index (κ3) is 16.6. The lowest BCUT2D eigenvalue weighted by Gasteiger charge is -2.38. The molecule has 0 aliphatic heterocycles. The summed E-state index contributed by atoms with van der Waals surface area (Å²) in [7, 11) is 3.83. The van der Waals surface area contributed by atoms with Gasteiger partial charge < -0.3 is 43.9 Å². The van der Waals surface area contributed by atoms with E-state index >= 15 is 0 Å². The maximum atomic E-state index is 6.94. The number of unbranched alkanes of at least 4 members (excludes halogenated alkanes) is 2. The summed E-state index contributed by atoms with van der Waals surface area (Å²) in [6.07, 6.45) is 12.0. The molecule has 0 spiro atoms. The van der Waals surface area contributed by atoms with Gasteiger partial charge in [0.2, 0.25) is 0 Å². The molecule has 0 rings (SSSR count). The monoisotopic (exact) mass is 746 g/mol. The molecule has 0 aromatic rings. The molecule has 15 heteroatoms. The average Bonchev–Trinajstić information content (AvgIpc) is 3.05. The lowest BCUT2D eigenvalue weighted by Crippen LogP contribution is -2.44. The minimum Gasteiger partial charge on any atom is -0.455 e. The van der Waals surface area contributed by atoms with Crippen LogP contribution in [0.15, 0.2) is 0 Å². The summed E-state index contributed by atoms with van der Waals surface area (Å²) >= 11 is 0. The molecule has 0 saturated carbocycles. The van der Waals surface area contributed by atoms with Crippen LogP contribution in [0, 0.1) is 5.41 Å². The van der Waals surface area contributed by atoms with Crippen LogP contribution in [0.5, 0.6) is 0 Å². The Morgan fingerprint density at radius 2 is 0.652 bits per heavy atom. The minimum absolute atomic E-state index is 0.0990. The summed E-state index contributed by atoms with van der Waals surface area (Å²) in [6.45, 7) is 11.9. The fraction of sp³-hybridized carbons (Fsp3) is 1.00. The minimum atomic E-state index is -2.68. The topological polar surface area (TPSA) is 92.3 Å². The van der Waals surface area contributed by atoms with Crippen LogP contribution in [0.1, 0.15) is 77.6 Å². The zero-order valence-electron chi connectivity index (χ0n) is 32.4. The molecule has 0 radical (unpaired) electrons. The van der Waals surface area contributed by atoms with Crippen molar-refractivity contribution in [1.29, 1.82) is 0 Å². The van der Waals surface area contributed by atoms with Crippen molar-refractivity contribution in [1.82, 2.24) is 0 Å². The first kappa shape index (κ1) is 46.7. The maximum absolute atomic E-state index is 6.94. The third-order valence-electron chi connectivity index (χ3n) is 9.79. The van der Waals surface area contributed by atoms with Crippen LogP contribution >= 0.6 is 0 Å². The quantitative estimate of drug-likeness (QED) is 0.0509. The summed E-state index contributed by atoms with van der Waals surface area (Å²) < 4.78 is 59.1. The molecule has 0 aliphatic rings. The molecule has 0 heterocycles. The van der Waals surface area contributed by atoms with Gasteiger partial charge in [0.05, 0.1) is 0 Å². The van der Waals surface area contributed by atoms with Gasteiger partial charge in [0, 0.05) is 82.1 Å². The van der Waals surface area contributed by atoms with E-state index in [4.69, 9.17) is 43.9 Å². The van der Waals surface area contributed by atoms with E-state index in [0.29, 0.717) is 0 Å². The van der Waals surface area contributed by atoms with Gasteiger partial charge in [0.1, 0.15) is 0 Å². The van der Waals surface area contributed by atoms with E-state index in [1.807, 2.05) is 0 Å². The van der Waals surface area contributed by atoms with Crippen LogP contribution in [-0.2, 0) is 43.9 Å². The van der Waals surface area contributed by atoms with Gasteiger partial charge in [-0.15, -0.1) is 0 Å². The Morgan fingerprint density at radius 3 is 0.935 bits per heavy atom. The molecule has 278 valence electrons. The normalized spacial score (nSPS) is 14.0. The molecule has 0 N–H and O–H groups in total. The smallest absolute Gasteiger partial charge is 0.455 e. The summed E-state index contributed by atoms with van der Waals surface area (Å²) in [5.41, 5.74) is 0.0990. The molecule has 0 amide bonds. The van der Waals surface area contributed by atoms with Crippen molar-refractivity contribution in [2.45, 2.75) is 134 Å². The van der Waals surface area contributed by atoms with Crippen molar-refractivity contribution in [3.05, 3.63) is 0 Å². The fourth-order valence-corrected chi connectivity index (χ4v) is 21.2. The zero-order chi connectivity index (χ0) is 35.4. The maximum Gasteiger partial charge on any atom is 0.500 e. The van der Waals surface area contributed by atoms with E-state index in [0.717, 1.165) is 63.1 Å². The second-order valence-electron chi connectivity index (χ2n) is 13.9. The second kappa shape index (κ2) is 23.2. The van der Waals surface area contributed by atoms with Crippen LogP contribution in [0.25, 0.3) is 0 Å². The van der Waals surface area contributed by atoms with Crippen molar-refractivity contribution < 1.29 is 43.9 Å². The second-order valence-corrected chi connectivity index (χ2v) is 32.0. The molecule has 0 bridgehead atoms. The van der Waals surface area contributed by atoms with Gasteiger partial charge >= 0.3 is 26.4 Å². The SMILES string of the molecule is CCCC[Si](C)(C)O[Si](C)(C)CCCCC(CCC[Si](OC)(OC)OC)(CCC[Si](OC)(OC)OC)CCC[Si](OC)(OC)OC. The first-order valence-electron chi connectivity index (χ1n) is 17.3. The van der Waals surface area contributed by atoms with Crippen LogP contribution in [0.4, 0.5) is 0 Å². The lowest BCUT2D eigenvalue weighted by molar-refractivity contribution is 0.111. The molecule has 0 aromatic heterocycles. The Balaban J connectivity index is 6.08. The van der Waals surface area contributed by atoms with E-state index in [1.54, 1.807) is 64.0 Å². The highest BCUT2D eigenvalue weighted by atomic mass is 28.4. The van der Waals surface area contributed by atoms with Gasteiger partial charge in [-0.25, -0.2) is 0 Å². The van der Waals surface area contributed by atoms with E-state index in [9.17, 15) is 0 Å². The molecule has 10 nitrogen and oxygen atoms in total. The molecule has 0 saturated heterocycles. The Kier molecular flexibility index (Phi) is 23.6. The predicted octanol–water partition coefficient (Wildman–Crippen LogP) is 8.34. The van der Waals surface area contributed by atoms with Gasteiger partial charge in [0.15, 0.2) is 16.6 Å². The Morgan fingerprint density at radius 1 is 0.370 bits per heavy atom. The van der Waals surface area contributed by atoms with Gasteiger partial charge in [-0.1, -0.05) is 32.6 Å². The molecular formula is C31H74O10Si5. The summed E-state index contributed by atoms with van der Waals surface area (Å²) in [5.74, 6) is 0. The van der Waals surface area contributed by atoms with Crippen molar-refractivity contribution in [2.75, 3.05) is 64.0 Å². The van der Waals surface area contributed by atoms with E-state index < -0.39 is 43.0 Å². The van der Waals surface area contributed by atoms with Gasteiger partial charge in [-0.3, -0.25) is 0 Å². The van der Waals surface area contributed by atoms with Crippen molar-refractivity contribution in [3.63, 3.8) is 0 Å². The van der Waals surface area contributed by atoms with Crippen molar-refractivity contribution in [3.8, 4) is 0 Å². The largest absolute Gasteiger partial charge is 0.500 e. The van der Waals surface area contributed by atoms with Crippen molar-refractivity contribution >= 4 is 43.0 Å². The standard InChI is InChI=1S/C31H74O10Si5/c1-15-16-26-42(11,12)41-43(13,14)27-18-17-22-31(23-19-28-44(32-2,33-3)34-4,24-20-29-45(35-5,36-6)37-7)25-21-30-46(38-8,39-9)40-10/h15-30H2,1-14H3. The molecular weight excluding hydrogens is 673 g/mol. The van der Waals surface area contributed by atoms with Gasteiger partial charge in [0.25, 0.3) is 0 Å². The molecule has 0 atom stereocenters. The highest BCUT2D eigenvalue weighted by Crippen LogP contribution is 2.44. The highest BCUT2D eigenvalue weighted by Gasteiger charge is 2.42. The third-order valence-corrected chi connectivity index (χ3v) is 25.8. The number of hydrogen-bond acceptors (Lipinski definition) is 10. The first-order chi connectivity index (χ1) is 21.6. The fourth-order valence-electron chi connectivity index (χ4n) is 6.96. The first-order valence-corrected chi connectivity index (χ1v) is 29.3. The molecule has 0 fully saturated rings.